The van der Waals surface area contributed by atoms with Crippen molar-refractivity contribution in [2.45, 2.75) is 6.42 Å². The number of furan rings is 1. The Morgan fingerprint density at radius 2 is 1.21 bits per heavy atom. The van der Waals surface area contributed by atoms with Crippen molar-refractivity contribution in [2.24, 2.45) is 0 Å². The molecule has 0 aliphatic carbocycles. The molecular weight excluding hydrogens is 466 g/mol. The Morgan fingerprint density at radius 3 is 2.03 bits per heavy atom. The molecule has 5 aromatic carbocycles. The zero-order chi connectivity index (χ0) is 25.1. The Morgan fingerprint density at radius 1 is 0.553 bits per heavy atom. The first-order chi connectivity index (χ1) is 18.8. The highest BCUT2D eigenvalue weighted by Crippen LogP contribution is 2.40. The molecule has 178 valence electrons. The quantitative estimate of drug-likeness (QED) is 0.235. The number of hydrogen-bond acceptors (Lipinski definition) is 4. The number of fused-ring (bicyclic) bond motifs is 9. The lowest BCUT2D eigenvalue weighted by atomic mass is 9.94. The van der Waals surface area contributed by atoms with E-state index < -0.39 is 0 Å². The summed E-state index contributed by atoms with van der Waals surface area (Å²) < 4.78 is 6.12. The molecule has 0 radical (unpaired) electrons. The minimum absolute atomic E-state index is 0.628. The van der Waals surface area contributed by atoms with Crippen LogP contribution in [-0.4, -0.2) is 15.0 Å². The maximum atomic E-state index is 6.12. The molecule has 0 saturated heterocycles. The molecule has 8 rings (SSSR count). The van der Waals surface area contributed by atoms with Gasteiger partial charge in [-0.15, -0.1) is 0 Å². The second-order valence-corrected chi connectivity index (χ2v) is 9.64. The molecule has 4 nitrogen and oxygen atoms in total. The van der Waals surface area contributed by atoms with E-state index in [0.717, 1.165) is 66.3 Å². The van der Waals surface area contributed by atoms with E-state index in [9.17, 15) is 0 Å². The molecule has 3 aromatic heterocycles. The SMILES string of the molecule is c1ccc2c(c1)oc1ccc(-c3nc(Cc4ccncc4)nc4c5ccccc5c5ccccc5c34)cc12. The largest absolute Gasteiger partial charge is 0.456 e. The van der Waals surface area contributed by atoms with Crippen LogP contribution in [0.25, 0.3) is 65.6 Å². The molecule has 0 aliphatic heterocycles. The van der Waals surface area contributed by atoms with Gasteiger partial charge in [0.25, 0.3) is 0 Å². The summed E-state index contributed by atoms with van der Waals surface area (Å²) in [6.07, 6.45) is 4.26. The molecule has 0 saturated carbocycles. The van der Waals surface area contributed by atoms with Gasteiger partial charge in [0, 0.05) is 45.9 Å². The van der Waals surface area contributed by atoms with Gasteiger partial charge in [-0.05, 0) is 58.1 Å². The van der Waals surface area contributed by atoms with E-state index >= 15 is 0 Å². The zero-order valence-electron chi connectivity index (χ0n) is 20.4. The molecule has 0 spiro atoms. The first-order valence-corrected chi connectivity index (χ1v) is 12.7. The number of nitrogens with zero attached hydrogens (tertiary/aromatic N) is 3. The van der Waals surface area contributed by atoms with Crippen LogP contribution in [0.1, 0.15) is 11.4 Å². The van der Waals surface area contributed by atoms with Gasteiger partial charge >= 0.3 is 0 Å². The van der Waals surface area contributed by atoms with E-state index in [0.29, 0.717) is 6.42 Å². The molecule has 0 atom stereocenters. The van der Waals surface area contributed by atoms with Gasteiger partial charge in [0.05, 0.1) is 11.2 Å². The fourth-order valence-corrected chi connectivity index (χ4v) is 5.66. The van der Waals surface area contributed by atoms with Gasteiger partial charge in [0.15, 0.2) is 0 Å². The predicted molar refractivity (Wildman–Crippen MR) is 154 cm³/mol. The summed E-state index contributed by atoms with van der Waals surface area (Å²) in [5.41, 5.74) is 5.86. The van der Waals surface area contributed by atoms with Crippen LogP contribution >= 0.6 is 0 Å². The van der Waals surface area contributed by atoms with Crippen molar-refractivity contribution in [3.63, 3.8) is 0 Å². The normalized spacial score (nSPS) is 11.8. The summed E-state index contributed by atoms with van der Waals surface area (Å²) in [6, 6.07) is 35.7. The van der Waals surface area contributed by atoms with Crippen molar-refractivity contribution in [1.82, 2.24) is 15.0 Å². The van der Waals surface area contributed by atoms with E-state index in [1.165, 1.54) is 10.8 Å². The molecule has 38 heavy (non-hydrogen) atoms. The Balaban J connectivity index is 1.50. The minimum atomic E-state index is 0.628. The highest BCUT2D eigenvalue weighted by atomic mass is 16.3. The van der Waals surface area contributed by atoms with Crippen molar-refractivity contribution < 1.29 is 4.42 Å². The average Bonchev–Trinajstić information content (AvgIpc) is 3.35. The first-order valence-electron chi connectivity index (χ1n) is 12.7. The van der Waals surface area contributed by atoms with Crippen LogP contribution in [0.15, 0.2) is 120 Å². The van der Waals surface area contributed by atoms with Crippen molar-refractivity contribution in [3.8, 4) is 11.3 Å². The lowest BCUT2D eigenvalue weighted by molar-refractivity contribution is 0.669. The van der Waals surface area contributed by atoms with Crippen LogP contribution in [0, 0.1) is 0 Å². The minimum Gasteiger partial charge on any atom is -0.456 e. The fraction of sp³-hybridized carbons (Fsp3) is 0.0294. The Kier molecular flexibility index (Phi) is 4.55. The van der Waals surface area contributed by atoms with Crippen LogP contribution in [-0.2, 0) is 6.42 Å². The van der Waals surface area contributed by atoms with E-state index in [4.69, 9.17) is 14.4 Å². The highest BCUT2D eigenvalue weighted by Gasteiger charge is 2.18. The van der Waals surface area contributed by atoms with E-state index in [1.807, 2.05) is 36.7 Å². The van der Waals surface area contributed by atoms with Gasteiger partial charge < -0.3 is 4.42 Å². The molecule has 0 aliphatic rings. The van der Waals surface area contributed by atoms with Crippen LogP contribution in [0.3, 0.4) is 0 Å². The van der Waals surface area contributed by atoms with Crippen molar-refractivity contribution in [3.05, 3.63) is 127 Å². The number of rotatable bonds is 3. The summed E-state index contributed by atoms with van der Waals surface area (Å²) in [4.78, 5) is 14.6. The maximum Gasteiger partial charge on any atom is 0.135 e. The fourth-order valence-electron chi connectivity index (χ4n) is 5.66. The van der Waals surface area contributed by atoms with Gasteiger partial charge in [0.1, 0.15) is 17.0 Å². The number of pyridine rings is 1. The molecule has 0 amide bonds. The summed E-state index contributed by atoms with van der Waals surface area (Å²) in [5, 5.41) is 7.97. The third-order valence-corrected chi connectivity index (χ3v) is 7.39. The lowest BCUT2D eigenvalue weighted by Gasteiger charge is -2.15. The predicted octanol–water partition coefficient (Wildman–Crippen LogP) is 8.49. The molecule has 4 heteroatoms. The topological polar surface area (TPSA) is 51.8 Å². The van der Waals surface area contributed by atoms with Crippen LogP contribution in [0.5, 0.6) is 0 Å². The first kappa shape index (κ1) is 21.0. The average molecular weight is 488 g/mol. The Hall–Kier alpha value is -5.09. The second-order valence-electron chi connectivity index (χ2n) is 9.64. The number of para-hydroxylation sites is 1. The van der Waals surface area contributed by atoms with E-state index in [2.05, 4.69) is 83.8 Å². The van der Waals surface area contributed by atoms with Crippen molar-refractivity contribution in [1.29, 1.82) is 0 Å². The monoisotopic (exact) mass is 487 g/mol. The molecule has 8 aromatic rings. The number of benzene rings is 5. The van der Waals surface area contributed by atoms with Gasteiger partial charge in [0.2, 0.25) is 0 Å². The third kappa shape index (κ3) is 3.20. The maximum absolute atomic E-state index is 6.12. The highest BCUT2D eigenvalue weighted by molar-refractivity contribution is 6.27. The Labute approximate surface area is 218 Å². The molecule has 0 N–H and O–H groups in total. The second kappa shape index (κ2) is 8.22. The smallest absolute Gasteiger partial charge is 0.135 e. The van der Waals surface area contributed by atoms with Gasteiger partial charge in [-0.25, -0.2) is 9.97 Å². The van der Waals surface area contributed by atoms with Crippen LogP contribution < -0.4 is 0 Å². The third-order valence-electron chi connectivity index (χ3n) is 7.39. The van der Waals surface area contributed by atoms with E-state index in [1.54, 1.807) is 0 Å². The van der Waals surface area contributed by atoms with Gasteiger partial charge in [-0.1, -0.05) is 66.7 Å². The number of hydrogen-bond donors (Lipinski definition) is 0. The molecule has 3 heterocycles. The van der Waals surface area contributed by atoms with Crippen LogP contribution in [0.2, 0.25) is 0 Å². The zero-order valence-corrected chi connectivity index (χ0v) is 20.4. The standard InChI is InChI=1S/C34H21N3O/c1-3-10-26-23(7-1)24-8-2-4-11-27(24)34-32(26)33(36-31(37-34)19-21-15-17-35-18-16-21)22-13-14-30-28(20-22)25-9-5-6-12-29(25)38-30/h1-18,20H,19H2. The van der Waals surface area contributed by atoms with Crippen LogP contribution in [0.4, 0.5) is 0 Å². The van der Waals surface area contributed by atoms with Crippen molar-refractivity contribution in [2.75, 3.05) is 0 Å². The van der Waals surface area contributed by atoms with Gasteiger partial charge in [-0.3, -0.25) is 4.98 Å². The summed E-state index contributed by atoms with van der Waals surface area (Å²) in [5.74, 6) is 0.788. The summed E-state index contributed by atoms with van der Waals surface area (Å²) in [6.45, 7) is 0. The lowest BCUT2D eigenvalue weighted by Crippen LogP contribution is -2.01. The van der Waals surface area contributed by atoms with Gasteiger partial charge in [-0.2, -0.15) is 0 Å². The molecular formula is C34H21N3O. The van der Waals surface area contributed by atoms with E-state index in [-0.39, 0.29) is 0 Å². The summed E-state index contributed by atoms with van der Waals surface area (Å²) >= 11 is 0. The number of aromatic nitrogens is 3. The molecule has 0 unspecified atom stereocenters. The molecule has 0 bridgehead atoms. The molecule has 0 fully saturated rings. The Bertz CT molecular complexity index is 2160. The summed E-state index contributed by atoms with van der Waals surface area (Å²) in [7, 11) is 0. The van der Waals surface area contributed by atoms with Crippen molar-refractivity contribution >= 4 is 54.4 Å².